The van der Waals surface area contributed by atoms with Gasteiger partial charge in [0.05, 0.1) is 10.8 Å². The maximum absolute atomic E-state index is 12.0. The largest absolute Gasteiger partial charge is 0.481 e. The first-order chi connectivity index (χ1) is 19.7. The van der Waals surface area contributed by atoms with Gasteiger partial charge in [-0.15, -0.1) is 0 Å². The molecule has 0 spiro atoms. The molecule has 8 bridgehead atoms. The minimum Gasteiger partial charge on any atom is -0.481 e. The third kappa shape index (κ3) is 5.20. The number of hydrogen-bond acceptors (Lipinski definition) is 3. The van der Waals surface area contributed by atoms with E-state index in [1.165, 1.54) is 49.7 Å². The van der Waals surface area contributed by atoms with Crippen LogP contribution < -0.4 is 11.9 Å². The number of carboxylic acids is 1. The van der Waals surface area contributed by atoms with E-state index in [4.69, 9.17) is 7.10 Å². The standard InChI is InChI=1S/C17H21NO.C17H20O2.C2H6.CH4.H3N/c2*18-15(19)17-9-12-6-13(10-17)8-16(7-12,11-17)14-4-2-1-3-5-14;1-2;;/h1-5,12-13H,6-11H2,(H2,18,19);1-5,12-13H,6-11H2,(H,18,19);1-2H3;1H4;1H3/i;;1D;;. The fraction of sp³-hybridized carbons (Fsp3) is 0.622. The highest BCUT2D eigenvalue weighted by Crippen LogP contribution is 2.67. The number of primary amides is 1. The van der Waals surface area contributed by atoms with Gasteiger partial charge in [0, 0.05) is 1.37 Å². The number of hydrogen-bond donors (Lipinski definition) is 3. The van der Waals surface area contributed by atoms with Gasteiger partial charge in [0.1, 0.15) is 0 Å². The molecule has 4 atom stereocenters. The lowest BCUT2D eigenvalue weighted by molar-refractivity contribution is -0.167. The number of rotatable bonds is 4. The summed E-state index contributed by atoms with van der Waals surface area (Å²) in [5, 5.41) is 9.74. The van der Waals surface area contributed by atoms with E-state index in [0.29, 0.717) is 30.6 Å². The number of benzene rings is 2. The molecule has 8 saturated carbocycles. The minimum absolute atomic E-state index is 0. The minimum atomic E-state index is -0.540. The van der Waals surface area contributed by atoms with Crippen LogP contribution in [0.2, 0.25) is 0 Å². The first kappa shape index (κ1) is 30.8. The highest BCUT2D eigenvalue weighted by atomic mass is 16.4. The maximum Gasteiger partial charge on any atom is 0.309 e. The lowest BCUT2D eigenvalue weighted by Crippen LogP contribution is -2.58. The number of amides is 1. The van der Waals surface area contributed by atoms with Crippen molar-refractivity contribution < 1.29 is 16.1 Å². The Morgan fingerprint density at radius 3 is 1.38 bits per heavy atom. The summed E-state index contributed by atoms with van der Waals surface area (Å²) in [6.45, 7) is 2.29. The van der Waals surface area contributed by atoms with E-state index >= 15 is 0 Å². The lowest BCUT2D eigenvalue weighted by atomic mass is 9.42. The predicted octanol–water partition coefficient (Wildman–Crippen LogP) is 8.44. The number of carbonyl (C=O) groups is 2. The zero-order valence-electron chi connectivity index (χ0n) is 25.8. The third-order valence-electron chi connectivity index (χ3n) is 11.9. The second kappa shape index (κ2) is 11.8. The van der Waals surface area contributed by atoms with Crippen molar-refractivity contribution in [1.29, 1.82) is 0 Å². The molecule has 5 nitrogen and oxygen atoms in total. The molecule has 0 aromatic heterocycles. The zero-order chi connectivity index (χ0) is 28.9. The van der Waals surface area contributed by atoms with Crippen LogP contribution in [0.4, 0.5) is 0 Å². The molecule has 2 aromatic carbocycles. The van der Waals surface area contributed by atoms with Crippen LogP contribution in [0.5, 0.6) is 0 Å². The molecule has 2 aromatic rings. The number of carboxylic acid groups (broad SMARTS) is 1. The van der Waals surface area contributed by atoms with Gasteiger partial charge in [-0.2, -0.15) is 0 Å². The van der Waals surface area contributed by atoms with Crippen molar-refractivity contribution in [3.8, 4) is 0 Å². The molecule has 0 heterocycles. The Labute approximate surface area is 255 Å². The molecule has 0 aliphatic heterocycles. The van der Waals surface area contributed by atoms with Gasteiger partial charge in [-0.1, -0.05) is 81.9 Å². The van der Waals surface area contributed by atoms with Gasteiger partial charge < -0.3 is 17.0 Å². The zero-order valence-corrected chi connectivity index (χ0v) is 24.8. The Bertz CT molecular complexity index is 1140. The molecule has 8 fully saturated rings. The molecule has 8 aliphatic carbocycles. The van der Waals surface area contributed by atoms with Gasteiger partial charge in [0.2, 0.25) is 5.91 Å². The van der Waals surface area contributed by atoms with Crippen molar-refractivity contribution in [3.63, 3.8) is 0 Å². The summed E-state index contributed by atoms with van der Waals surface area (Å²) in [6, 6.07) is 21.5. The smallest absolute Gasteiger partial charge is 0.309 e. The molecule has 42 heavy (non-hydrogen) atoms. The highest BCUT2D eigenvalue weighted by molar-refractivity contribution is 5.81. The molecular formula is C37H54N2O3. The van der Waals surface area contributed by atoms with Crippen LogP contribution in [-0.4, -0.2) is 17.0 Å². The monoisotopic (exact) mass is 575 g/mol. The fourth-order valence-corrected chi connectivity index (χ4v) is 11.3. The molecule has 10 rings (SSSR count). The molecule has 0 radical (unpaired) electrons. The van der Waals surface area contributed by atoms with E-state index < -0.39 is 11.4 Å². The molecule has 1 amide bonds. The second-order valence-corrected chi connectivity index (χ2v) is 14.4. The highest BCUT2D eigenvalue weighted by Gasteiger charge is 2.62. The SMILES string of the molecule is C.N.NC(=O)C12CC3CC(C1)CC(c1ccccc1)(C3)C2.O=C(O)C12CC3CC(C1)CC(c1ccccc1)(C3)C2.[2H]CC. The van der Waals surface area contributed by atoms with Crippen LogP contribution in [0.25, 0.3) is 0 Å². The van der Waals surface area contributed by atoms with Gasteiger partial charge in [0.25, 0.3) is 0 Å². The topological polar surface area (TPSA) is 115 Å². The first-order valence-electron chi connectivity index (χ1n) is 16.3. The van der Waals surface area contributed by atoms with Crippen molar-refractivity contribution in [2.45, 2.75) is 109 Å². The fourth-order valence-electron chi connectivity index (χ4n) is 11.3. The van der Waals surface area contributed by atoms with Crippen LogP contribution in [-0.2, 0) is 20.4 Å². The van der Waals surface area contributed by atoms with Crippen LogP contribution in [0.3, 0.4) is 0 Å². The van der Waals surface area contributed by atoms with Crippen molar-refractivity contribution >= 4 is 11.9 Å². The molecule has 8 aliphatic rings. The van der Waals surface area contributed by atoms with E-state index in [0.717, 1.165) is 38.5 Å². The summed E-state index contributed by atoms with van der Waals surface area (Å²) in [4.78, 5) is 23.9. The summed E-state index contributed by atoms with van der Waals surface area (Å²) in [7, 11) is 0. The Balaban J connectivity index is 0.000000173. The molecule has 0 saturated heterocycles. The van der Waals surface area contributed by atoms with Crippen molar-refractivity contribution in [2.24, 2.45) is 40.2 Å². The Morgan fingerprint density at radius 2 is 1.05 bits per heavy atom. The Kier molecular flexibility index (Phi) is 8.64. The van der Waals surface area contributed by atoms with Gasteiger partial charge >= 0.3 is 5.97 Å². The van der Waals surface area contributed by atoms with Gasteiger partial charge in [-0.3, -0.25) is 9.59 Å². The number of aliphatic carboxylic acids is 1. The van der Waals surface area contributed by atoms with Crippen molar-refractivity contribution in [3.05, 3.63) is 71.8 Å². The summed E-state index contributed by atoms with van der Waals surface area (Å²) < 4.78 is 6.21. The van der Waals surface area contributed by atoms with E-state index in [9.17, 15) is 14.7 Å². The summed E-state index contributed by atoms with van der Waals surface area (Å²) >= 11 is 0. The third-order valence-corrected chi connectivity index (χ3v) is 11.9. The van der Waals surface area contributed by atoms with Crippen LogP contribution >= 0.6 is 0 Å². The van der Waals surface area contributed by atoms with Crippen LogP contribution in [0, 0.1) is 34.5 Å². The lowest BCUT2D eigenvalue weighted by Gasteiger charge is -2.61. The van der Waals surface area contributed by atoms with Gasteiger partial charge in [0.15, 0.2) is 0 Å². The quantitative estimate of drug-likeness (QED) is 0.339. The van der Waals surface area contributed by atoms with E-state index in [1.807, 2.05) is 0 Å². The number of carbonyl (C=O) groups excluding carboxylic acids is 1. The summed E-state index contributed by atoms with van der Waals surface area (Å²) in [5.41, 5.74) is 8.39. The van der Waals surface area contributed by atoms with Crippen LogP contribution in [0.15, 0.2) is 60.7 Å². The van der Waals surface area contributed by atoms with Crippen molar-refractivity contribution in [2.75, 3.05) is 0 Å². The number of nitrogens with two attached hydrogens (primary N) is 1. The molecular weight excluding hydrogens is 520 g/mol. The summed E-state index contributed by atoms with van der Waals surface area (Å²) in [5.74, 6) is 2.13. The summed E-state index contributed by atoms with van der Waals surface area (Å²) in [6.07, 6.45) is 13.4. The Morgan fingerprint density at radius 1 is 0.714 bits per heavy atom. The molecule has 5 heteroatoms. The average molecular weight is 576 g/mol. The maximum atomic E-state index is 12.0. The van der Waals surface area contributed by atoms with Crippen molar-refractivity contribution in [1.82, 2.24) is 6.15 Å². The predicted molar refractivity (Wildman–Crippen MR) is 170 cm³/mol. The molecule has 230 valence electrons. The normalized spacial score (nSPS) is 39.7. The average Bonchev–Trinajstić information content (AvgIpc) is 2.93. The van der Waals surface area contributed by atoms with Gasteiger partial charge in [-0.05, 0) is 123 Å². The molecule has 6 N–H and O–H groups in total. The Hall–Kier alpha value is -2.66. The van der Waals surface area contributed by atoms with Crippen LogP contribution in [0.1, 0.15) is 111 Å². The van der Waals surface area contributed by atoms with Gasteiger partial charge in [-0.25, -0.2) is 0 Å². The molecule has 4 unspecified atom stereocenters. The first-order valence-corrected chi connectivity index (χ1v) is 15.6. The second-order valence-electron chi connectivity index (χ2n) is 14.4. The van der Waals surface area contributed by atoms with E-state index in [1.54, 1.807) is 6.92 Å². The van der Waals surface area contributed by atoms with E-state index in [-0.39, 0.29) is 35.7 Å². The van der Waals surface area contributed by atoms with E-state index in [2.05, 4.69) is 60.7 Å².